The molecule has 1 N–H and O–H groups in total. The lowest BCUT2D eigenvalue weighted by molar-refractivity contribution is 0.0874. The molecule has 0 bridgehead atoms. The third kappa shape index (κ3) is 2.65. The van der Waals surface area contributed by atoms with E-state index in [9.17, 15) is 19.2 Å². The third-order valence-electron chi connectivity index (χ3n) is 5.17. The zero-order valence-corrected chi connectivity index (χ0v) is 15.1. The van der Waals surface area contributed by atoms with Gasteiger partial charge in [-0.15, -0.1) is 0 Å². The number of nitrogens with zero attached hydrogens (tertiary/aromatic N) is 1. The summed E-state index contributed by atoms with van der Waals surface area (Å²) >= 11 is 0. The second-order valence-electron chi connectivity index (χ2n) is 7.00. The van der Waals surface area contributed by atoms with Crippen LogP contribution < -0.4 is 10.2 Å². The van der Waals surface area contributed by atoms with Gasteiger partial charge in [0.15, 0.2) is 0 Å². The topological polar surface area (TPSA) is 83.6 Å². The first-order valence-electron chi connectivity index (χ1n) is 9.08. The Kier molecular flexibility index (Phi) is 3.67. The highest BCUT2D eigenvalue weighted by Gasteiger charge is 2.36. The Morgan fingerprint density at radius 2 is 1.21 bits per heavy atom. The Bertz CT molecular complexity index is 1230. The first-order valence-corrected chi connectivity index (χ1v) is 9.08. The number of imide groups is 2. The summed E-state index contributed by atoms with van der Waals surface area (Å²) in [5, 5.41) is 2.27. The number of carbonyl (C=O) groups is 4. The smallest absolute Gasteiger partial charge is 0.266 e. The van der Waals surface area contributed by atoms with Crippen molar-refractivity contribution in [2.24, 2.45) is 0 Å². The van der Waals surface area contributed by atoms with Gasteiger partial charge in [-0.05, 0) is 53.9 Å². The number of anilines is 1. The molecule has 2 aliphatic rings. The minimum absolute atomic E-state index is 0.338. The molecule has 0 atom stereocenters. The minimum atomic E-state index is -0.403. The Labute approximate surface area is 165 Å². The lowest BCUT2D eigenvalue weighted by Gasteiger charge is -2.13. The Hall–Kier alpha value is -4.06. The van der Waals surface area contributed by atoms with E-state index in [4.69, 9.17) is 0 Å². The summed E-state index contributed by atoms with van der Waals surface area (Å²) in [4.78, 5) is 50.3. The summed E-state index contributed by atoms with van der Waals surface area (Å²) in [6, 6.07) is 19.1. The molecule has 0 radical (unpaired) electrons. The van der Waals surface area contributed by atoms with Crippen molar-refractivity contribution in [2.75, 3.05) is 4.90 Å². The summed E-state index contributed by atoms with van der Waals surface area (Å²) in [5.74, 6) is -1.48. The van der Waals surface area contributed by atoms with Crippen molar-refractivity contribution in [2.45, 2.75) is 6.42 Å². The molecule has 5 rings (SSSR count). The van der Waals surface area contributed by atoms with Crippen LogP contribution in [-0.2, 0) is 6.42 Å². The maximum atomic E-state index is 12.9. The second-order valence-corrected chi connectivity index (χ2v) is 7.00. The number of fused-ring (bicyclic) bond motifs is 2. The van der Waals surface area contributed by atoms with E-state index in [1.807, 2.05) is 6.07 Å². The second kappa shape index (κ2) is 6.24. The van der Waals surface area contributed by atoms with Gasteiger partial charge in [0.2, 0.25) is 0 Å². The van der Waals surface area contributed by atoms with E-state index < -0.39 is 5.91 Å². The summed E-state index contributed by atoms with van der Waals surface area (Å²) < 4.78 is 0. The largest absolute Gasteiger partial charge is 0.288 e. The van der Waals surface area contributed by atoms with E-state index in [1.54, 1.807) is 60.7 Å². The normalized spacial score (nSPS) is 14.8. The fourth-order valence-electron chi connectivity index (χ4n) is 3.77. The molecule has 0 saturated heterocycles. The van der Waals surface area contributed by atoms with Crippen LogP contribution in [-0.4, -0.2) is 23.6 Å². The molecule has 3 aromatic carbocycles. The minimum Gasteiger partial charge on any atom is -0.288 e. The van der Waals surface area contributed by atoms with Crippen molar-refractivity contribution in [3.63, 3.8) is 0 Å². The maximum absolute atomic E-state index is 12.9. The van der Waals surface area contributed by atoms with Gasteiger partial charge in [-0.3, -0.25) is 24.5 Å². The van der Waals surface area contributed by atoms with Crippen LogP contribution in [0.5, 0.6) is 0 Å². The number of benzene rings is 3. The standard InChI is InChI=1S/C23H14N2O4/c26-20-16-8-6-13(11-18(16)21(27)24-20)10-14-7-9-17-19(12-14)23(29)25(22(17)28)15-4-2-1-3-5-15/h1-9,11-12H,10H2,(H,24,26,27). The maximum Gasteiger partial charge on any atom is 0.266 e. The molecule has 0 spiro atoms. The van der Waals surface area contributed by atoms with Crippen LogP contribution in [0.4, 0.5) is 5.69 Å². The zero-order valence-electron chi connectivity index (χ0n) is 15.1. The summed E-state index contributed by atoms with van der Waals surface area (Å²) in [6.07, 6.45) is 0.467. The van der Waals surface area contributed by atoms with Crippen LogP contribution in [0.3, 0.4) is 0 Å². The zero-order chi connectivity index (χ0) is 20.1. The van der Waals surface area contributed by atoms with Crippen LogP contribution in [0.1, 0.15) is 52.6 Å². The molecular formula is C23H14N2O4. The van der Waals surface area contributed by atoms with Crippen LogP contribution in [0.15, 0.2) is 66.7 Å². The van der Waals surface area contributed by atoms with Crippen molar-refractivity contribution in [3.05, 3.63) is 100 Å². The van der Waals surface area contributed by atoms with Crippen LogP contribution in [0.25, 0.3) is 0 Å². The van der Waals surface area contributed by atoms with E-state index in [1.165, 1.54) is 4.90 Å². The molecule has 0 aromatic heterocycles. The van der Waals surface area contributed by atoms with Gasteiger partial charge >= 0.3 is 0 Å². The molecule has 0 saturated carbocycles. The molecule has 4 amide bonds. The summed E-state index contributed by atoms with van der Waals surface area (Å²) in [5.41, 5.74) is 3.68. The van der Waals surface area contributed by atoms with Gasteiger partial charge in [0.25, 0.3) is 23.6 Å². The Morgan fingerprint density at radius 1 is 0.621 bits per heavy atom. The predicted octanol–water partition coefficient (Wildman–Crippen LogP) is 2.96. The molecule has 140 valence electrons. The van der Waals surface area contributed by atoms with Gasteiger partial charge in [-0.25, -0.2) is 4.90 Å². The number of nitrogens with one attached hydrogen (secondary N) is 1. The first-order chi connectivity index (χ1) is 14.0. The lowest BCUT2D eigenvalue weighted by atomic mass is 9.98. The molecule has 6 nitrogen and oxygen atoms in total. The quantitative estimate of drug-likeness (QED) is 0.706. The number of carbonyl (C=O) groups excluding carboxylic acids is 4. The number of amides is 4. The molecule has 29 heavy (non-hydrogen) atoms. The third-order valence-corrected chi connectivity index (χ3v) is 5.17. The number of rotatable bonds is 3. The molecule has 0 fully saturated rings. The van der Waals surface area contributed by atoms with Crippen LogP contribution >= 0.6 is 0 Å². The van der Waals surface area contributed by atoms with Crippen molar-refractivity contribution < 1.29 is 19.2 Å². The predicted molar refractivity (Wildman–Crippen MR) is 105 cm³/mol. The van der Waals surface area contributed by atoms with Gasteiger partial charge < -0.3 is 0 Å². The van der Waals surface area contributed by atoms with E-state index >= 15 is 0 Å². The van der Waals surface area contributed by atoms with Crippen LogP contribution in [0.2, 0.25) is 0 Å². The Morgan fingerprint density at radius 3 is 1.93 bits per heavy atom. The average Bonchev–Trinajstić information content (AvgIpc) is 3.15. The number of para-hydroxylation sites is 1. The fraction of sp³-hybridized carbons (Fsp3) is 0.0435. The Balaban J connectivity index is 1.46. The average molecular weight is 382 g/mol. The molecular weight excluding hydrogens is 368 g/mol. The highest BCUT2D eigenvalue weighted by molar-refractivity contribution is 6.34. The van der Waals surface area contributed by atoms with Gasteiger partial charge in [-0.1, -0.05) is 30.3 Å². The molecule has 0 aliphatic carbocycles. The lowest BCUT2D eigenvalue weighted by Crippen LogP contribution is -2.29. The van der Waals surface area contributed by atoms with Gasteiger partial charge in [0, 0.05) is 0 Å². The van der Waals surface area contributed by atoms with E-state index in [0.717, 1.165) is 11.1 Å². The number of hydrogen-bond donors (Lipinski definition) is 1. The molecule has 2 aliphatic heterocycles. The van der Waals surface area contributed by atoms with Crippen LogP contribution in [0, 0.1) is 0 Å². The van der Waals surface area contributed by atoms with Crippen molar-refractivity contribution in [1.29, 1.82) is 0 Å². The highest BCUT2D eigenvalue weighted by Crippen LogP contribution is 2.29. The molecule has 3 aromatic rings. The van der Waals surface area contributed by atoms with Gasteiger partial charge in [0.1, 0.15) is 0 Å². The number of hydrogen-bond acceptors (Lipinski definition) is 4. The summed E-state index contributed by atoms with van der Waals surface area (Å²) in [7, 11) is 0. The molecule has 2 heterocycles. The van der Waals surface area contributed by atoms with E-state index in [-0.39, 0.29) is 17.7 Å². The summed E-state index contributed by atoms with van der Waals surface area (Å²) in [6.45, 7) is 0. The monoisotopic (exact) mass is 382 g/mol. The van der Waals surface area contributed by atoms with E-state index in [2.05, 4.69) is 5.32 Å². The van der Waals surface area contributed by atoms with Crippen molar-refractivity contribution >= 4 is 29.3 Å². The molecule has 6 heteroatoms. The first kappa shape index (κ1) is 17.1. The van der Waals surface area contributed by atoms with Crippen molar-refractivity contribution in [3.8, 4) is 0 Å². The SMILES string of the molecule is O=C1NC(=O)c2cc(Cc3ccc4c(c3)C(=O)N(c3ccccc3)C4=O)ccc21. The van der Waals surface area contributed by atoms with Gasteiger partial charge in [0.05, 0.1) is 27.9 Å². The molecule has 0 unspecified atom stereocenters. The highest BCUT2D eigenvalue weighted by atomic mass is 16.2. The van der Waals surface area contributed by atoms with Gasteiger partial charge in [-0.2, -0.15) is 0 Å². The fourth-order valence-corrected chi connectivity index (χ4v) is 3.77. The van der Waals surface area contributed by atoms with E-state index in [0.29, 0.717) is 34.4 Å². The van der Waals surface area contributed by atoms with Crippen molar-refractivity contribution in [1.82, 2.24) is 5.32 Å².